The number of carbonyl (C=O) groups is 1. The van der Waals surface area contributed by atoms with Gasteiger partial charge in [0.2, 0.25) is 0 Å². The lowest BCUT2D eigenvalue weighted by Crippen LogP contribution is -2.46. The molecule has 0 spiro atoms. The van der Waals surface area contributed by atoms with Crippen molar-refractivity contribution in [1.29, 1.82) is 5.26 Å². The van der Waals surface area contributed by atoms with Crippen LogP contribution in [0, 0.1) is 11.3 Å². The number of sulfonamides is 1. The number of piperazine rings is 1. The third kappa shape index (κ3) is 4.67. The van der Waals surface area contributed by atoms with Gasteiger partial charge in [-0.05, 0) is 35.7 Å². The molecule has 0 unspecified atom stereocenters. The molecule has 0 saturated carbocycles. The van der Waals surface area contributed by atoms with Crippen LogP contribution in [0.2, 0.25) is 0 Å². The zero-order valence-corrected chi connectivity index (χ0v) is 18.7. The number of carboxylic acid groups (broad SMARTS) is 1. The van der Waals surface area contributed by atoms with Crippen molar-refractivity contribution in [1.82, 2.24) is 9.88 Å². The zero-order valence-electron chi connectivity index (χ0n) is 17.1. The Morgan fingerprint density at radius 1 is 1.22 bits per heavy atom. The Kier molecular flexibility index (Phi) is 6.27. The second-order valence-electron chi connectivity index (χ2n) is 7.34. The van der Waals surface area contributed by atoms with Crippen molar-refractivity contribution in [2.75, 3.05) is 42.3 Å². The van der Waals surface area contributed by atoms with Gasteiger partial charge in [0.05, 0.1) is 17.1 Å². The van der Waals surface area contributed by atoms with Crippen molar-refractivity contribution < 1.29 is 18.3 Å². The summed E-state index contributed by atoms with van der Waals surface area (Å²) in [6.45, 7) is 3.63. The second kappa shape index (κ2) is 9.12. The molecule has 2 aromatic heterocycles. The van der Waals surface area contributed by atoms with Crippen molar-refractivity contribution in [2.24, 2.45) is 0 Å². The fourth-order valence-corrected chi connectivity index (χ4v) is 5.69. The van der Waals surface area contributed by atoms with E-state index in [4.69, 9.17) is 5.26 Å². The molecule has 166 valence electrons. The first kappa shape index (κ1) is 22.0. The SMILES string of the molecule is N#CCCN1CCN(c2cc(C(=O)O)c3cc(NS(=O)(=O)c4cccs4)ccc3n2)CC1. The largest absolute Gasteiger partial charge is 0.478 e. The molecular formula is C21H21N5O4S2. The third-order valence-corrected chi connectivity index (χ3v) is 8.05. The molecule has 3 heterocycles. The zero-order chi connectivity index (χ0) is 22.7. The molecule has 32 heavy (non-hydrogen) atoms. The molecule has 4 rings (SSSR count). The minimum Gasteiger partial charge on any atom is -0.478 e. The number of aromatic nitrogens is 1. The van der Waals surface area contributed by atoms with Gasteiger partial charge in [-0.15, -0.1) is 11.3 Å². The fraction of sp³-hybridized carbons (Fsp3) is 0.286. The minimum absolute atomic E-state index is 0.0640. The first-order chi connectivity index (χ1) is 15.4. The molecule has 2 N–H and O–H groups in total. The molecule has 9 nitrogen and oxygen atoms in total. The van der Waals surface area contributed by atoms with E-state index < -0.39 is 16.0 Å². The van der Waals surface area contributed by atoms with Crippen LogP contribution in [-0.2, 0) is 10.0 Å². The van der Waals surface area contributed by atoms with Gasteiger partial charge in [-0.3, -0.25) is 9.62 Å². The van der Waals surface area contributed by atoms with Gasteiger partial charge in [-0.2, -0.15) is 5.26 Å². The second-order valence-corrected chi connectivity index (χ2v) is 10.2. The number of nitrogens with one attached hydrogen (secondary N) is 1. The van der Waals surface area contributed by atoms with Gasteiger partial charge >= 0.3 is 5.97 Å². The molecule has 1 aliphatic rings. The van der Waals surface area contributed by atoms with Crippen LogP contribution in [0.3, 0.4) is 0 Å². The van der Waals surface area contributed by atoms with E-state index in [1.165, 1.54) is 18.2 Å². The summed E-state index contributed by atoms with van der Waals surface area (Å²) in [4.78, 5) is 20.8. The number of pyridine rings is 1. The maximum absolute atomic E-state index is 12.5. The molecule has 1 aromatic carbocycles. The molecule has 0 amide bonds. The Bertz CT molecular complexity index is 1280. The van der Waals surface area contributed by atoms with E-state index in [1.807, 2.05) is 4.90 Å². The molecule has 1 aliphatic heterocycles. The molecule has 0 aliphatic carbocycles. The molecular weight excluding hydrogens is 450 g/mol. The number of nitrogens with zero attached hydrogens (tertiary/aromatic N) is 4. The number of thiophene rings is 1. The number of hydrogen-bond donors (Lipinski definition) is 2. The quantitative estimate of drug-likeness (QED) is 0.539. The van der Waals surface area contributed by atoms with Gasteiger partial charge in [0.15, 0.2) is 0 Å². The van der Waals surface area contributed by atoms with Gasteiger partial charge < -0.3 is 10.0 Å². The van der Waals surface area contributed by atoms with Gasteiger partial charge in [-0.25, -0.2) is 18.2 Å². The topological polar surface area (TPSA) is 127 Å². The molecule has 0 radical (unpaired) electrons. The lowest BCUT2D eigenvalue weighted by molar-refractivity contribution is 0.0699. The van der Waals surface area contributed by atoms with Gasteiger partial charge in [0, 0.05) is 50.2 Å². The van der Waals surface area contributed by atoms with Crippen LogP contribution in [0.15, 0.2) is 46.0 Å². The monoisotopic (exact) mass is 471 g/mol. The number of nitriles is 1. The van der Waals surface area contributed by atoms with E-state index in [2.05, 4.69) is 20.7 Å². The van der Waals surface area contributed by atoms with Crippen molar-refractivity contribution in [3.05, 3.63) is 47.3 Å². The Morgan fingerprint density at radius 3 is 2.66 bits per heavy atom. The van der Waals surface area contributed by atoms with Gasteiger partial charge in [0.25, 0.3) is 10.0 Å². The summed E-state index contributed by atoms with van der Waals surface area (Å²) in [5.74, 6) is -0.536. The van der Waals surface area contributed by atoms with E-state index in [0.717, 1.165) is 31.0 Å². The van der Waals surface area contributed by atoms with E-state index in [9.17, 15) is 18.3 Å². The van der Waals surface area contributed by atoms with Gasteiger partial charge in [-0.1, -0.05) is 6.07 Å². The van der Waals surface area contributed by atoms with Crippen LogP contribution in [0.4, 0.5) is 11.5 Å². The maximum atomic E-state index is 12.5. The van der Waals surface area contributed by atoms with E-state index in [-0.39, 0.29) is 15.5 Å². The molecule has 11 heteroatoms. The highest BCUT2D eigenvalue weighted by molar-refractivity contribution is 7.94. The van der Waals surface area contributed by atoms with Crippen LogP contribution < -0.4 is 9.62 Å². The summed E-state index contributed by atoms with van der Waals surface area (Å²) in [5, 5.41) is 20.6. The highest BCUT2D eigenvalue weighted by Crippen LogP contribution is 2.28. The first-order valence-corrected chi connectivity index (χ1v) is 12.3. The number of anilines is 2. The first-order valence-electron chi connectivity index (χ1n) is 9.96. The summed E-state index contributed by atoms with van der Waals surface area (Å²) in [5.41, 5.74) is 0.814. The molecule has 1 fully saturated rings. The summed E-state index contributed by atoms with van der Waals surface area (Å²) in [7, 11) is -3.74. The average molecular weight is 472 g/mol. The lowest BCUT2D eigenvalue weighted by atomic mass is 10.1. The number of hydrogen-bond acceptors (Lipinski definition) is 8. The van der Waals surface area contributed by atoms with E-state index in [0.29, 0.717) is 36.2 Å². The average Bonchev–Trinajstić information content (AvgIpc) is 3.33. The number of benzene rings is 1. The number of aromatic carboxylic acids is 1. The molecule has 3 aromatic rings. The van der Waals surface area contributed by atoms with Crippen LogP contribution in [0.1, 0.15) is 16.8 Å². The summed E-state index contributed by atoms with van der Waals surface area (Å²) >= 11 is 1.10. The lowest BCUT2D eigenvalue weighted by Gasteiger charge is -2.35. The highest BCUT2D eigenvalue weighted by atomic mass is 32.2. The van der Waals surface area contributed by atoms with Crippen molar-refractivity contribution in [3.63, 3.8) is 0 Å². The van der Waals surface area contributed by atoms with E-state index in [1.54, 1.807) is 23.6 Å². The summed E-state index contributed by atoms with van der Waals surface area (Å²) in [6.07, 6.45) is 0.482. The summed E-state index contributed by atoms with van der Waals surface area (Å²) in [6, 6.07) is 11.5. The van der Waals surface area contributed by atoms with Crippen LogP contribution >= 0.6 is 11.3 Å². The highest BCUT2D eigenvalue weighted by Gasteiger charge is 2.21. The predicted molar refractivity (Wildman–Crippen MR) is 123 cm³/mol. The van der Waals surface area contributed by atoms with Crippen molar-refractivity contribution >= 4 is 49.7 Å². The Hall–Kier alpha value is -3.20. The Morgan fingerprint density at radius 2 is 2.00 bits per heavy atom. The number of fused-ring (bicyclic) bond motifs is 1. The Balaban J connectivity index is 1.61. The van der Waals surface area contributed by atoms with Crippen molar-refractivity contribution in [2.45, 2.75) is 10.6 Å². The molecule has 0 atom stereocenters. The van der Waals surface area contributed by atoms with Crippen molar-refractivity contribution in [3.8, 4) is 6.07 Å². The smallest absolute Gasteiger partial charge is 0.336 e. The standard InChI is InChI=1S/C21H21N5O4S2/c22-6-2-7-25-8-10-26(11-9-25)19-14-17(21(27)28)16-13-15(4-5-18(16)23-19)24-32(29,30)20-3-1-12-31-20/h1,3-5,12-14,24H,2,7-11H2,(H,27,28). The molecule has 0 bridgehead atoms. The van der Waals surface area contributed by atoms with Crippen LogP contribution in [0.5, 0.6) is 0 Å². The normalized spacial score (nSPS) is 14.9. The molecule has 1 saturated heterocycles. The third-order valence-electron chi connectivity index (χ3n) is 5.27. The maximum Gasteiger partial charge on any atom is 0.336 e. The van der Waals surface area contributed by atoms with Crippen LogP contribution in [0.25, 0.3) is 10.9 Å². The van der Waals surface area contributed by atoms with Crippen LogP contribution in [-0.4, -0.2) is 62.1 Å². The minimum atomic E-state index is -3.74. The fourth-order valence-electron chi connectivity index (χ4n) is 3.64. The summed E-state index contributed by atoms with van der Waals surface area (Å²) < 4.78 is 27.7. The van der Waals surface area contributed by atoms with Gasteiger partial charge in [0.1, 0.15) is 10.0 Å². The Labute approximate surface area is 189 Å². The predicted octanol–water partition coefficient (Wildman–Crippen LogP) is 2.83. The van der Waals surface area contributed by atoms with E-state index >= 15 is 0 Å². The number of rotatable bonds is 7. The number of carboxylic acids is 1.